The summed E-state index contributed by atoms with van der Waals surface area (Å²) in [5.41, 5.74) is 5.07. The molecule has 0 bridgehead atoms. The van der Waals surface area contributed by atoms with Gasteiger partial charge in [0.05, 0.1) is 11.4 Å². The summed E-state index contributed by atoms with van der Waals surface area (Å²) in [6, 6.07) is 9.75. The summed E-state index contributed by atoms with van der Waals surface area (Å²) in [6.07, 6.45) is 2.85. The standard InChI is InChI=1S/C24H31N5O3/c1-16-13-20(17-5-3-4-6-19(17)25-16)28-9-11-29(12-10-28)23(31)21-18(22(30)26-32)14-24(7-8-24)15-27(21)2/h3-6,13,18,21,32H,7-12,14-15H2,1-2H3,(H,26,30). The number of hydrogen-bond donors (Lipinski definition) is 2. The van der Waals surface area contributed by atoms with E-state index >= 15 is 0 Å². The number of anilines is 1. The highest BCUT2D eigenvalue weighted by molar-refractivity contribution is 5.93. The number of nitrogens with one attached hydrogen (secondary N) is 1. The van der Waals surface area contributed by atoms with Crippen LogP contribution >= 0.6 is 0 Å². The summed E-state index contributed by atoms with van der Waals surface area (Å²) in [6.45, 7) is 5.52. The molecule has 2 amide bonds. The lowest BCUT2D eigenvalue weighted by Crippen LogP contribution is -2.61. The quantitative estimate of drug-likeness (QED) is 0.562. The number of aryl methyl sites for hydroxylation is 1. The number of piperazine rings is 1. The average molecular weight is 438 g/mol. The fourth-order valence-corrected chi connectivity index (χ4v) is 5.70. The molecule has 1 saturated carbocycles. The van der Waals surface area contributed by atoms with Crippen LogP contribution in [0.3, 0.4) is 0 Å². The number of nitrogens with zero attached hydrogens (tertiary/aromatic N) is 4. The zero-order chi connectivity index (χ0) is 22.5. The van der Waals surface area contributed by atoms with Gasteiger partial charge in [0.1, 0.15) is 6.04 Å². The molecule has 3 aliphatic rings. The fourth-order valence-electron chi connectivity index (χ4n) is 5.70. The number of amides is 2. The second-order valence-corrected chi connectivity index (χ2v) is 9.76. The van der Waals surface area contributed by atoms with Crippen molar-refractivity contribution in [1.29, 1.82) is 0 Å². The van der Waals surface area contributed by atoms with Crippen molar-refractivity contribution in [3.05, 3.63) is 36.0 Å². The van der Waals surface area contributed by atoms with E-state index in [0.29, 0.717) is 19.5 Å². The summed E-state index contributed by atoms with van der Waals surface area (Å²) in [4.78, 5) is 36.9. The Hall–Kier alpha value is -2.71. The number of hydrogen-bond acceptors (Lipinski definition) is 6. The monoisotopic (exact) mass is 437 g/mol. The molecular formula is C24H31N5O3. The fraction of sp³-hybridized carbons (Fsp3) is 0.542. The Bertz CT molecular complexity index is 1050. The molecule has 8 heteroatoms. The molecule has 0 radical (unpaired) electrons. The molecule has 1 aromatic carbocycles. The van der Waals surface area contributed by atoms with Crippen molar-refractivity contribution in [2.45, 2.75) is 32.2 Å². The Labute approximate surface area is 188 Å². The highest BCUT2D eigenvalue weighted by Crippen LogP contribution is 2.54. The molecule has 170 valence electrons. The minimum atomic E-state index is -0.524. The lowest BCUT2D eigenvalue weighted by molar-refractivity contribution is -0.150. The van der Waals surface area contributed by atoms with Crippen LogP contribution in [0.5, 0.6) is 0 Å². The van der Waals surface area contributed by atoms with Crippen molar-refractivity contribution in [2.75, 3.05) is 44.7 Å². The first-order valence-corrected chi connectivity index (χ1v) is 11.5. The molecule has 2 aromatic rings. The van der Waals surface area contributed by atoms with Gasteiger partial charge in [0.25, 0.3) is 0 Å². The Morgan fingerprint density at radius 2 is 1.88 bits per heavy atom. The third-order valence-electron chi connectivity index (χ3n) is 7.51. The van der Waals surface area contributed by atoms with Crippen LogP contribution in [0.4, 0.5) is 5.69 Å². The van der Waals surface area contributed by atoms with Crippen LogP contribution in [-0.4, -0.2) is 77.6 Å². The predicted molar refractivity (Wildman–Crippen MR) is 121 cm³/mol. The first-order valence-electron chi connectivity index (χ1n) is 11.5. The number of rotatable bonds is 3. The smallest absolute Gasteiger partial charge is 0.248 e. The van der Waals surface area contributed by atoms with E-state index in [1.165, 1.54) is 0 Å². The number of carbonyl (C=O) groups excluding carboxylic acids is 2. The number of carbonyl (C=O) groups is 2. The van der Waals surface area contributed by atoms with Crippen molar-refractivity contribution >= 4 is 28.4 Å². The number of hydroxylamine groups is 1. The van der Waals surface area contributed by atoms with E-state index in [1.807, 2.05) is 47.5 Å². The van der Waals surface area contributed by atoms with E-state index in [4.69, 9.17) is 0 Å². The van der Waals surface area contributed by atoms with Gasteiger partial charge in [0.15, 0.2) is 0 Å². The van der Waals surface area contributed by atoms with Gasteiger partial charge in [0, 0.05) is 49.5 Å². The van der Waals surface area contributed by atoms with Crippen LogP contribution in [0.1, 0.15) is 25.0 Å². The molecule has 8 nitrogen and oxygen atoms in total. The largest absolute Gasteiger partial charge is 0.367 e. The normalized spacial score (nSPS) is 25.2. The van der Waals surface area contributed by atoms with E-state index in [-0.39, 0.29) is 11.3 Å². The SMILES string of the molecule is Cc1cc(N2CCN(C(=O)C3C(C(=O)NO)CC4(CC4)CN3C)CC2)c2ccccc2n1. The highest BCUT2D eigenvalue weighted by Gasteiger charge is 2.55. The molecule has 32 heavy (non-hydrogen) atoms. The maximum absolute atomic E-state index is 13.5. The Morgan fingerprint density at radius 3 is 2.56 bits per heavy atom. The molecule has 2 atom stereocenters. The van der Waals surface area contributed by atoms with Gasteiger partial charge in [-0.05, 0) is 50.8 Å². The zero-order valence-corrected chi connectivity index (χ0v) is 18.8. The molecule has 5 rings (SSSR count). The lowest BCUT2D eigenvalue weighted by atomic mass is 9.80. The number of piperidine rings is 1. The van der Waals surface area contributed by atoms with Gasteiger partial charge < -0.3 is 9.80 Å². The third-order valence-corrected chi connectivity index (χ3v) is 7.51. The molecule has 2 unspecified atom stereocenters. The van der Waals surface area contributed by atoms with Gasteiger partial charge in [-0.2, -0.15) is 0 Å². The number of fused-ring (bicyclic) bond motifs is 1. The van der Waals surface area contributed by atoms with Gasteiger partial charge >= 0.3 is 0 Å². The van der Waals surface area contributed by atoms with Gasteiger partial charge in [-0.1, -0.05) is 18.2 Å². The first kappa shape index (κ1) is 21.2. The molecule has 2 N–H and O–H groups in total. The molecular weight excluding hydrogens is 406 g/mol. The Morgan fingerprint density at radius 1 is 1.16 bits per heavy atom. The lowest BCUT2D eigenvalue weighted by Gasteiger charge is -2.45. The minimum Gasteiger partial charge on any atom is -0.367 e. The van der Waals surface area contributed by atoms with Crippen LogP contribution < -0.4 is 10.4 Å². The van der Waals surface area contributed by atoms with Crippen molar-refractivity contribution in [1.82, 2.24) is 20.3 Å². The van der Waals surface area contributed by atoms with Crippen LogP contribution in [-0.2, 0) is 9.59 Å². The second-order valence-electron chi connectivity index (χ2n) is 9.76. The van der Waals surface area contributed by atoms with Crippen LogP contribution in [0.15, 0.2) is 30.3 Å². The summed E-state index contributed by atoms with van der Waals surface area (Å²) >= 11 is 0. The van der Waals surface area contributed by atoms with Crippen molar-refractivity contribution in [2.24, 2.45) is 11.3 Å². The van der Waals surface area contributed by atoms with Crippen molar-refractivity contribution in [3.63, 3.8) is 0 Å². The minimum absolute atomic E-state index is 0.00739. The van der Waals surface area contributed by atoms with Gasteiger partial charge in [0.2, 0.25) is 11.8 Å². The van der Waals surface area contributed by atoms with E-state index in [9.17, 15) is 14.8 Å². The predicted octanol–water partition coefficient (Wildman–Crippen LogP) is 1.80. The first-order chi connectivity index (χ1) is 15.4. The summed E-state index contributed by atoms with van der Waals surface area (Å²) in [7, 11) is 1.93. The summed E-state index contributed by atoms with van der Waals surface area (Å²) in [5.74, 6) is -0.968. The summed E-state index contributed by atoms with van der Waals surface area (Å²) < 4.78 is 0. The molecule has 2 aliphatic heterocycles. The van der Waals surface area contributed by atoms with E-state index < -0.39 is 17.9 Å². The molecule has 3 fully saturated rings. The van der Waals surface area contributed by atoms with Gasteiger partial charge in [-0.25, -0.2) is 5.48 Å². The molecule has 2 saturated heterocycles. The third kappa shape index (κ3) is 3.71. The topological polar surface area (TPSA) is 89.0 Å². The van der Waals surface area contributed by atoms with Crippen LogP contribution in [0, 0.1) is 18.3 Å². The molecule has 3 heterocycles. The Kier molecular flexibility index (Phi) is 5.29. The van der Waals surface area contributed by atoms with E-state index in [1.54, 1.807) is 0 Å². The average Bonchev–Trinajstić information content (AvgIpc) is 3.55. The number of benzene rings is 1. The number of aromatic nitrogens is 1. The number of likely N-dealkylation sites (tertiary alicyclic amines) is 1. The van der Waals surface area contributed by atoms with Crippen molar-refractivity contribution < 1.29 is 14.8 Å². The maximum Gasteiger partial charge on any atom is 0.248 e. The van der Waals surface area contributed by atoms with Crippen LogP contribution in [0.25, 0.3) is 10.9 Å². The van der Waals surface area contributed by atoms with Crippen LogP contribution in [0.2, 0.25) is 0 Å². The number of pyridine rings is 1. The molecule has 1 spiro atoms. The second kappa shape index (κ2) is 8.01. The maximum atomic E-state index is 13.5. The number of para-hydroxylation sites is 1. The molecule has 1 aromatic heterocycles. The van der Waals surface area contributed by atoms with E-state index in [0.717, 1.165) is 54.8 Å². The van der Waals surface area contributed by atoms with Crippen molar-refractivity contribution in [3.8, 4) is 0 Å². The van der Waals surface area contributed by atoms with E-state index in [2.05, 4.69) is 22.0 Å². The zero-order valence-electron chi connectivity index (χ0n) is 18.8. The molecule has 1 aliphatic carbocycles. The summed E-state index contributed by atoms with van der Waals surface area (Å²) in [5, 5.41) is 10.4. The van der Waals surface area contributed by atoms with Gasteiger partial charge in [-0.3, -0.25) is 24.7 Å². The Balaban J connectivity index is 1.32. The highest BCUT2D eigenvalue weighted by atomic mass is 16.5. The van der Waals surface area contributed by atoms with Gasteiger partial charge in [-0.15, -0.1) is 0 Å². The number of likely N-dealkylation sites (N-methyl/N-ethyl adjacent to an activating group) is 1.